The van der Waals surface area contributed by atoms with Crippen molar-refractivity contribution in [2.45, 2.75) is 19.3 Å². The highest BCUT2D eigenvalue weighted by molar-refractivity contribution is 6.20. The van der Waals surface area contributed by atoms with Gasteiger partial charge in [-0.2, -0.15) is 0 Å². The van der Waals surface area contributed by atoms with Gasteiger partial charge in [-0.25, -0.2) is 0 Å². The van der Waals surface area contributed by atoms with Crippen LogP contribution < -0.4 is 0 Å². The van der Waals surface area contributed by atoms with Gasteiger partial charge >= 0.3 is 0 Å². The lowest BCUT2D eigenvalue weighted by Crippen LogP contribution is -2.38. The number of aliphatic imine (C=N–C) groups is 1. The Bertz CT molecular complexity index is 1780. The standard InChI is InChI=1S/C34H29N3/c1-22-31(25-16-8-12-20-29(25)36(22)3)34(32-23(2)37(4)30-21-13-9-17-26(30)32)27-18-10-11-19-28(27)35-33(34)24-14-6-5-7-15-24/h5-21H,1-4H3. The van der Waals surface area contributed by atoms with Gasteiger partial charge in [-0.15, -0.1) is 0 Å². The van der Waals surface area contributed by atoms with Crippen molar-refractivity contribution in [3.8, 4) is 0 Å². The van der Waals surface area contributed by atoms with Gasteiger partial charge in [-0.3, -0.25) is 4.99 Å². The fraction of sp³-hybridized carbons (Fsp3) is 0.147. The van der Waals surface area contributed by atoms with E-state index in [1.165, 1.54) is 49.9 Å². The van der Waals surface area contributed by atoms with Crippen molar-refractivity contribution in [1.29, 1.82) is 0 Å². The predicted molar refractivity (Wildman–Crippen MR) is 154 cm³/mol. The van der Waals surface area contributed by atoms with Crippen LogP contribution in [0, 0.1) is 13.8 Å². The van der Waals surface area contributed by atoms with Gasteiger partial charge in [0.1, 0.15) is 0 Å². The van der Waals surface area contributed by atoms with Crippen molar-refractivity contribution in [3.63, 3.8) is 0 Å². The molecule has 0 saturated heterocycles. The number of aromatic nitrogens is 2. The third-order valence-electron chi connectivity index (χ3n) is 8.49. The van der Waals surface area contributed by atoms with E-state index in [1.54, 1.807) is 0 Å². The van der Waals surface area contributed by atoms with Crippen LogP contribution >= 0.6 is 0 Å². The summed E-state index contributed by atoms with van der Waals surface area (Å²) >= 11 is 0. The Hall–Kier alpha value is -4.37. The van der Waals surface area contributed by atoms with Gasteiger partial charge in [-0.1, -0.05) is 84.9 Å². The molecule has 3 nitrogen and oxygen atoms in total. The average molecular weight is 480 g/mol. The zero-order valence-electron chi connectivity index (χ0n) is 21.7. The Morgan fingerprint density at radius 2 is 1.05 bits per heavy atom. The molecular formula is C34H29N3. The first kappa shape index (κ1) is 21.9. The Balaban J connectivity index is 1.77. The number of para-hydroxylation sites is 3. The molecule has 37 heavy (non-hydrogen) atoms. The molecule has 3 heterocycles. The molecule has 7 rings (SSSR count). The highest BCUT2D eigenvalue weighted by atomic mass is 15.0. The van der Waals surface area contributed by atoms with E-state index >= 15 is 0 Å². The number of hydrogen-bond donors (Lipinski definition) is 0. The summed E-state index contributed by atoms with van der Waals surface area (Å²) in [4.78, 5) is 5.44. The molecule has 0 atom stereocenters. The summed E-state index contributed by atoms with van der Waals surface area (Å²) in [5, 5.41) is 2.55. The molecule has 0 fully saturated rings. The van der Waals surface area contributed by atoms with Gasteiger partial charge in [0.05, 0.1) is 16.8 Å². The second kappa shape index (κ2) is 7.81. The van der Waals surface area contributed by atoms with E-state index in [0.717, 1.165) is 17.0 Å². The highest BCUT2D eigenvalue weighted by Crippen LogP contribution is 2.56. The van der Waals surface area contributed by atoms with Gasteiger partial charge in [0.2, 0.25) is 0 Å². The van der Waals surface area contributed by atoms with E-state index in [9.17, 15) is 0 Å². The third kappa shape index (κ3) is 2.74. The Morgan fingerprint density at radius 1 is 0.568 bits per heavy atom. The maximum absolute atomic E-state index is 5.44. The molecule has 2 aromatic heterocycles. The monoisotopic (exact) mass is 479 g/mol. The van der Waals surface area contributed by atoms with Crippen molar-refractivity contribution >= 4 is 33.2 Å². The topological polar surface area (TPSA) is 22.2 Å². The zero-order valence-corrected chi connectivity index (χ0v) is 21.7. The van der Waals surface area contributed by atoms with Crippen LogP contribution in [0.1, 0.15) is 33.6 Å². The molecule has 0 amide bonds. The van der Waals surface area contributed by atoms with Crippen LogP contribution in [0.4, 0.5) is 5.69 Å². The number of aryl methyl sites for hydroxylation is 2. The minimum Gasteiger partial charge on any atom is -0.348 e. The van der Waals surface area contributed by atoms with Gasteiger partial charge in [0.25, 0.3) is 0 Å². The van der Waals surface area contributed by atoms with Gasteiger partial charge in [0.15, 0.2) is 0 Å². The quantitative estimate of drug-likeness (QED) is 0.248. The number of nitrogens with zero attached hydrogens (tertiary/aromatic N) is 3. The number of fused-ring (bicyclic) bond motifs is 3. The van der Waals surface area contributed by atoms with Crippen molar-refractivity contribution in [3.05, 3.63) is 137 Å². The van der Waals surface area contributed by atoms with Crippen LogP contribution in [-0.2, 0) is 19.5 Å². The predicted octanol–water partition coefficient (Wildman–Crippen LogP) is 7.76. The molecule has 0 unspecified atom stereocenters. The van der Waals surface area contributed by atoms with Gasteiger partial charge in [-0.05, 0) is 43.2 Å². The second-order valence-corrected chi connectivity index (χ2v) is 10.2. The molecule has 3 heteroatoms. The van der Waals surface area contributed by atoms with Crippen molar-refractivity contribution < 1.29 is 0 Å². The molecule has 0 saturated carbocycles. The number of benzene rings is 4. The lowest BCUT2D eigenvalue weighted by atomic mass is 9.64. The Kier molecular flexibility index (Phi) is 4.62. The SMILES string of the molecule is Cc1c(C2(c3c(C)n(C)c4ccccc34)C(c3ccccc3)=Nc3ccccc32)c2ccccc2n1C. The van der Waals surface area contributed by atoms with Crippen molar-refractivity contribution in [1.82, 2.24) is 9.13 Å². The maximum atomic E-state index is 5.44. The fourth-order valence-corrected chi connectivity index (χ4v) is 6.72. The fourth-order valence-electron chi connectivity index (χ4n) is 6.72. The molecule has 1 aliphatic rings. The average Bonchev–Trinajstić information content (AvgIpc) is 3.51. The van der Waals surface area contributed by atoms with Crippen LogP contribution in [0.15, 0.2) is 108 Å². The third-order valence-corrected chi connectivity index (χ3v) is 8.49. The summed E-state index contributed by atoms with van der Waals surface area (Å²) in [5.74, 6) is 0. The summed E-state index contributed by atoms with van der Waals surface area (Å²) < 4.78 is 4.69. The zero-order chi connectivity index (χ0) is 25.3. The van der Waals surface area contributed by atoms with Crippen LogP contribution in [-0.4, -0.2) is 14.8 Å². The molecule has 1 aliphatic heterocycles. The van der Waals surface area contributed by atoms with Crippen molar-refractivity contribution in [2.75, 3.05) is 0 Å². The Labute approximate surface area is 217 Å². The summed E-state index contributed by atoms with van der Waals surface area (Å²) in [7, 11) is 4.37. The van der Waals surface area contributed by atoms with Crippen LogP contribution in [0.5, 0.6) is 0 Å². The summed E-state index contributed by atoms with van der Waals surface area (Å²) in [6, 6.07) is 37.1. The van der Waals surface area contributed by atoms with E-state index in [2.05, 4.69) is 140 Å². The largest absolute Gasteiger partial charge is 0.348 e. The minimum absolute atomic E-state index is 0.576. The first-order valence-electron chi connectivity index (χ1n) is 12.9. The molecular weight excluding hydrogens is 450 g/mol. The smallest absolute Gasteiger partial charge is 0.0947 e. The molecule has 0 N–H and O–H groups in total. The lowest BCUT2D eigenvalue weighted by molar-refractivity contribution is 0.799. The minimum atomic E-state index is -0.576. The summed E-state index contributed by atoms with van der Waals surface area (Å²) in [5.41, 5.74) is 11.6. The normalized spacial score (nSPS) is 14.3. The second-order valence-electron chi connectivity index (χ2n) is 10.2. The van der Waals surface area contributed by atoms with Gasteiger partial charge in [0, 0.05) is 58.4 Å². The van der Waals surface area contributed by atoms with E-state index in [-0.39, 0.29) is 0 Å². The number of hydrogen-bond acceptors (Lipinski definition) is 1. The number of rotatable bonds is 3. The first-order chi connectivity index (χ1) is 18.0. The van der Waals surface area contributed by atoms with Crippen molar-refractivity contribution in [2.24, 2.45) is 19.1 Å². The molecule has 4 aromatic carbocycles. The van der Waals surface area contributed by atoms with Gasteiger partial charge < -0.3 is 9.13 Å². The first-order valence-corrected chi connectivity index (χ1v) is 12.9. The molecule has 0 spiro atoms. The Morgan fingerprint density at radius 3 is 1.65 bits per heavy atom. The summed E-state index contributed by atoms with van der Waals surface area (Å²) in [6.07, 6.45) is 0. The maximum Gasteiger partial charge on any atom is 0.0947 e. The van der Waals surface area contributed by atoms with E-state index in [4.69, 9.17) is 4.99 Å². The summed E-state index contributed by atoms with van der Waals surface area (Å²) in [6.45, 7) is 4.53. The molecule has 180 valence electrons. The lowest BCUT2D eigenvalue weighted by Gasteiger charge is -2.35. The van der Waals surface area contributed by atoms with Crippen LogP contribution in [0.2, 0.25) is 0 Å². The molecule has 6 aromatic rings. The van der Waals surface area contributed by atoms with E-state index in [0.29, 0.717) is 0 Å². The molecule has 0 aliphatic carbocycles. The van der Waals surface area contributed by atoms with Crippen LogP contribution in [0.25, 0.3) is 21.8 Å². The van der Waals surface area contributed by atoms with Crippen LogP contribution in [0.3, 0.4) is 0 Å². The highest BCUT2D eigenvalue weighted by Gasteiger charge is 2.51. The molecule has 0 radical (unpaired) electrons. The van der Waals surface area contributed by atoms with E-state index in [1.807, 2.05) is 0 Å². The van der Waals surface area contributed by atoms with E-state index < -0.39 is 5.41 Å². The molecule has 0 bridgehead atoms.